The number of rotatable bonds is 5. The fraction of sp³-hybridized carbons (Fsp3) is 1.00. The standard InChI is InChI=1S/C13H27N3/c1-4-13-10-16(8-7-15(13)3)11(2)9-14-12-5-6-12/h11-14H,4-10H2,1-3H3. The largest absolute Gasteiger partial charge is 0.312 e. The second-order valence-electron chi connectivity index (χ2n) is 5.57. The Kier molecular flexibility index (Phi) is 4.22. The third kappa shape index (κ3) is 3.19. The minimum atomic E-state index is 0.698. The van der Waals surface area contributed by atoms with Crippen molar-refractivity contribution in [3.05, 3.63) is 0 Å². The van der Waals surface area contributed by atoms with Gasteiger partial charge in [0, 0.05) is 44.3 Å². The summed E-state index contributed by atoms with van der Waals surface area (Å²) in [7, 11) is 2.26. The minimum Gasteiger partial charge on any atom is -0.312 e. The first kappa shape index (κ1) is 12.3. The SMILES string of the molecule is CCC1CN(C(C)CNC2CC2)CCN1C. The van der Waals surface area contributed by atoms with Gasteiger partial charge in [0.2, 0.25) is 0 Å². The van der Waals surface area contributed by atoms with E-state index in [1.165, 1.54) is 45.4 Å². The molecule has 2 aliphatic rings. The average molecular weight is 225 g/mol. The first-order chi connectivity index (χ1) is 7.70. The highest BCUT2D eigenvalue weighted by Gasteiger charge is 2.27. The monoisotopic (exact) mass is 225 g/mol. The van der Waals surface area contributed by atoms with Crippen LogP contribution in [0.1, 0.15) is 33.1 Å². The Bertz CT molecular complexity index is 215. The van der Waals surface area contributed by atoms with Gasteiger partial charge < -0.3 is 10.2 Å². The molecule has 1 aliphatic heterocycles. The van der Waals surface area contributed by atoms with Crippen LogP contribution in [0.3, 0.4) is 0 Å². The molecular formula is C13H27N3. The van der Waals surface area contributed by atoms with Crippen molar-refractivity contribution in [2.75, 3.05) is 33.2 Å². The van der Waals surface area contributed by atoms with E-state index in [1.807, 2.05) is 0 Å². The number of nitrogens with zero attached hydrogens (tertiary/aromatic N) is 2. The zero-order valence-electron chi connectivity index (χ0n) is 11.1. The molecule has 0 amide bonds. The Labute approximate surface area is 100 Å². The van der Waals surface area contributed by atoms with Crippen molar-refractivity contribution in [1.29, 1.82) is 0 Å². The summed E-state index contributed by atoms with van der Waals surface area (Å²) < 4.78 is 0. The summed E-state index contributed by atoms with van der Waals surface area (Å²) in [6, 6.07) is 2.30. The number of hydrogen-bond acceptors (Lipinski definition) is 3. The van der Waals surface area contributed by atoms with Gasteiger partial charge in [-0.2, -0.15) is 0 Å². The predicted octanol–water partition coefficient (Wildman–Crippen LogP) is 1.15. The first-order valence-electron chi connectivity index (χ1n) is 6.88. The summed E-state index contributed by atoms with van der Waals surface area (Å²) >= 11 is 0. The maximum atomic E-state index is 3.64. The maximum Gasteiger partial charge on any atom is 0.0218 e. The van der Waals surface area contributed by atoms with Crippen LogP contribution in [0.4, 0.5) is 0 Å². The van der Waals surface area contributed by atoms with E-state index in [0.717, 1.165) is 12.1 Å². The number of nitrogens with one attached hydrogen (secondary N) is 1. The zero-order chi connectivity index (χ0) is 11.5. The van der Waals surface area contributed by atoms with E-state index in [0.29, 0.717) is 6.04 Å². The third-order valence-corrected chi connectivity index (χ3v) is 4.18. The molecule has 0 aromatic carbocycles. The zero-order valence-corrected chi connectivity index (χ0v) is 11.1. The second-order valence-corrected chi connectivity index (χ2v) is 5.57. The lowest BCUT2D eigenvalue weighted by molar-refractivity contribution is 0.0674. The Morgan fingerprint density at radius 2 is 2.06 bits per heavy atom. The molecule has 0 bridgehead atoms. The van der Waals surface area contributed by atoms with Crippen LogP contribution in [0, 0.1) is 0 Å². The summed E-state index contributed by atoms with van der Waals surface area (Å²) in [5, 5.41) is 3.64. The topological polar surface area (TPSA) is 18.5 Å². The van der Waals surface area contributed by atoms with E-state index < -0.39 is 0 Å². The van der Waals surface area contributed by atoms with E-state index in [-0.39, 0.29) is 0 Å². The van der Waals surface area contributed by atoms with Gasteiger partial charge in [-0.05, 0) is 33.2 Å². The molecule has 1 saturated carbocycles. The van der Waals surface area contributed by atoms with Gasteiger partial charge in [0.05, 0.1) is 0 Å². The van der Waals surface area contributed by atoms with Gasteiger partial charge in [-0.1, -0.05) is 6.92 Å². The van der Waals surface area contributed by atoms with Gasteiger partial charge >= 0.3 is 0 Å². The van der Waals surface area contributed by atoms with Crippen LogP contribution in [-0.4, -0.2) is 61.2 Å². The highest BCUT2D eigenvalue weighted by atomic mass is 15.3. The summed E-state index contributed by atoms with van der Waals surface area (Å²) in [5.74, 6) is 0. The lowest BCUT2D eigenvalue weighted by Gasteiger charge is -2.42. The van der Waals surface area contributed by atoms with Crippen molar-refractivity contribution in [2.45, 2.75) is 51.2 Å². The molecule has 0 spiro atoms. The average Bonchev–Trinajstić information content (AvgIpc) is 3.10. The van der Waals surface area contributed by atoms with Crippen LogP contribution < -0.4 is 5.32 Å². The van der Waals surface area contributed by atoms with Gasteiger partial charge in [0.1, 0.15) is 0 Å². The third-order valence-electron chi connectivity index (χ3n) is 4.18. The van der Waals surface area contributed by atoms with E-state index in [1.54, 1.807) is 0 Å². The van der Waals surface area contributed by atoms with Gasteiger partial charge in [-0.15, -0.1) is 0 Å². The molecule has 94 valence electrons. The fourth-order valence-electron chi connectivity index (χ4n) is 2.57. The number of piperazine rings is 1. The van der Waals surface area contributed by atoms with Gasteiger partial charge in [-0.25, -0.2) is 0 Å². The van der Waals surface area contributed by atoms with Crippen LogP contribution in [-0.2, 0) is 0 Å². The molecule has 0 radical (unpaired) electrons. The van der Waals surface area contributed by atoms with E-state index in [4.69, 9.17) is 0 Å². The summed E-state index contributed by atoms with van der Waals surface area (Å²) in [6.07, 6.45) is 4.07. The van der Waals surface area contributed by atoms with Crippen molar-refractivity contribution in [3.8, 4) is 0 Å². The van der Waals surface area contributed by atoms with E-state index in [9.17, 15) is 0 Å². The molecule has 2 atom stereocenters. The predicted molar refractivity (Wildman–Crippen MR) is 68.8 cm³/mol. The molecular weight excluding hydrogens is 198 g/mol. The van der Waals surface area contributed by atoms with Crippen molar-refractivity contribution in [3.63, 3.8) is 0 Å². The van der Waals surface area contributed by atoms with Gasteiger partial charge in [-0.3, -0.25) is 4.90 Å². The van der Waals surface area contributed by atoms with Crippen molar-refractivity contribution < 1.29 is 0 Å². The molecule has 2 rings (SSSR count). The molecule has 1 N–H and O–H groups in total. The molecule has 0 aromatic rings. The lowest BCUT2D eigenvalue weighted by atomic mass is 10.1. The molecule has 2 unspecified atom stereocenters. The Morgan fingerprint density at radius 3 is 2.69 bits per heavy atom. The second kappa shape index (κ2) is 5.48. The van der Waals surface area contributed by atoms with Crippen LogP contribution in [0.5, 0.6) is 0 Å². The summed E-state index contributed by atoms with van der Waals surface area (Å²) in [6.45, 7) is 9.56. The molecule has 0 aromatic heterocycles. The Balaban J connectivity index is 1.74. The highest BCUT2D eigenvalue weighted by Crippen LogP contribution is 2.19. The number of likely N-dealkylation sites (N-methyl/N-ethyl adjacent to an activating group) is 1. The quantitative estimate of drug-likeness (QED) is 0.757. The van der Waals surface area contributed by atoms with E-state index in [2.05, 4.69) is 36.0 Å². The van der Waals surface area contributed by atoms with Crippen LogP contribution >= 0.6 is 0 Å². The fourth-order valence-corrected chi connectivity index (χ4v) is 2.57. The van der Waals surface area contributed by atoms with Crippen molar-refractivity contribution in [1.82, 2.24) is 15.1 Å². The molecule has 16 heavy (non-hydrogen) atoms. The lowest BCUT2D eigenvalue weighted by Crippen LogP contribution is -2.55. The Hall–Kier alpha value is -0.120. The maximum absolute atomic E-state index is 3.64. The smallest absolute Gasteiger partial charge is 0.0218 e. The summed E-state index contributed by atoms with van der Waals surface area (Å²) in [4.78, 5) is 5.17. The number of hydrogen-bond donors (Lipinski definition) is 1. The highest BCUT2D eigenvalue weighted by molar-refractivity contribution is 4.86. The molecule has 3 nitrogen and oxygen atoms in total. The van der Waals surface area contributed by atoms with Crippen LogP contribution in [0.25, 0.3) is 0 Å². The molecule has 1 aliphatic carbocycles. The molecule has 2 fully saturated rings. The molecule has 3 heteroatoms. The van der Waals surface area contributed by atoms with Crippen molar-refractivity contribution in [2.24, 2.45) is 0 Å². The Morgan fingerprint density at radius 1 is 1.31 bits per heavy atom. The molecule has 1 heterocycles. The van der Waals surface area contributed by atoms with Gasteiger partial charge in [0.15, 0.2) is 0 Å². The molecule has 1 saturated heterocycles. The normalized spacial score (nSPS) is 30.6. The van der Waals surface area contributed by atoms with Crippen molar-refractivity contribution >= 4 is 0 Å². The first-order valence-corrected chi connectivity index (χ1v) is 6.88. The van der Waals surface area contributed by atoms with Crippen LogP contribution in [0.15, 0.2) is 0 Å². The van der Waals surface area contributed by atoms with E-state index >= 15 is 0 Å². The summed E-state index contributed by atoms with van der Waals surface area (Å²) in [5.41, 5.74) is 0. The minimum absolute atomic E-state index is 0.698. The van der Waals surface area contributed by atoms with Crippen LogP contribution in [0.2, 0.25) is 0 Å². The van der Waals surface area contributed by atoms with Gasteiger partial charge in [0.25, 0.3) is 0 Å².